The van der Waals surface area contributed by atoms with E-state index in [-0.39, 0.29) is 37.7 Å². The van der Waals surface area contributed by atoms with E-state index < -0.39 is 59.4 Å². The highest BCUT2D eigenvalue weighted by Crippen LogP contribution is 2.66. The Bertz CT molecular complexity index is 2340. The van der Waals surface area contributed by atoms with Crippen molar-refractivity contribution < 1.29 is 43.2 Å². The summed E-state index contributed by atoms with van der Waals surface area (Å²) in [6.45, 7) is -0.485. The fourth-order valence-electron chi connectivity index (χ4n) is 9.34. The number of aliphatic hydroxyl groups is 1. The predicted molar refractivity (Wildman–Crippen MR) is 217 cm³/mol. The van der Waals surface area contributed by atoms with Gasteiger partial charge in [-0.1, -0.05) is 96.8 Å². The molecule has 59 heavy (non-hydrogen) atoms. The van der Waals surface area contributed by atoms with Crippen LogP contribution in [0.1, 0.15) is 71.7 Å². The number of rotatable bonds is 10. The Morgan fingerprint density at radius 3 is 2.31 bits per heavy atom. The molecule has 3 amide bonds. The number of fused-ring (bicyclic) bond motifs is 3. The highest BCUT2D eigenvalue weighted by Gasteiger charge is 2.75. The topological polar surface area (TPSA) is 158 Å². The molecule has 6 atom stereocenters. The molecule has 1 aliphatic carbocycles. The van der Waals surface area contributed by atoms with Crippen molar-refractivity contribution in [3.63, 3.8) is 0 Å². The van der Waals surface area contributed by atoms with Crippen molar-refractivity contribution in [2.45, 2.75) is 55.3 Å². The van der Waals surface area contributed by atoms with Gasteiger partial charge in [0.05, 0.1) is 36.9 Å². The van der Waals surface area contributed by atoms with E-state index in [4.69, 9.17) is 24.7 Å². The zero-order valence-corrected chi connectivity index (χ0v) is 32.6. The van der Waals surface area contributed by atoms with Crippen LogP contribution in [0.25, 0.3) is 0 Å². The number of nitrogens with two attached hydrogens (primary N) is 1. The number of ether oxygens (including phenoxy) is 4. The van der Waals surface area contributed by atoms with Crippen molar-refractivity contribution in [1.29, 1.82) is 0 Å². The third kappa shape index (κ3) is 6.95. The van der Waals surface area contributed by atoms with Gasteiger partial charge in [-0.2, -0.15) is 0 Å². The summed E-state index contributed by atoms with van der Waals surface area (Å²) < 4.78 is 23.3. The van der Waals surface area contributed by atoms with Crippen LogP contribution in [0, 0.1) is 17.8 Å². The van der Waals surface area contributed by atoms with Gasteiger partial charge in [-0.3, -0.25) is 19.3 Å². The quantitative estimate of drug-likeness (QED) is 0.114. The normalized spacial score (nSPS) is 24.7. The van der Waals surface area contributed by atoms with Crippen molar-refractivity contribution in [2.75, 3.05) is 38.4 Å². The van der Waals surface area contributed by atoms with E-state index in [2.05, 4.69) is 17.9 Å². The van der Waals surface area contributed by atoms with Gasteiger partial charge in [0.15, 0.2) is 0 Å². The van der Waals surface area contributed by atoms with E-state index in [0.717, 1.165) is 41.7 Å². The van der Waals surface area contributed by atoms with Gasteiger partial charge in [0.25, 0.3) is 0 Å². The van der Waals surface area contributed by atoms with Crippen LogP contribution < -0.4 is 15.4 Å². The largest absolute Gasteiger partial charge is 0.491 e. The minimum atomic E-state index is -2.05. The summed E-state index contributed by atoms with van der Waals surface area (Å²) in [5.74, 6) is 2.75. The van der Waals surface area contributed by atoms with Crippen LogP contribution in [0.2, 0.25) is 0 Å². The molecule has 0 saturated carbocycles. The zero-order valence-electron chi connectivity index (χ0n) is 32.6. The number of carbonyl (C=O) groups excluding carboxylic acids is 4. The van der Waals surface area contributed by atoms with E-state index >= 15 is 4.79 Å². The van der Waals surface area contributed by atoms with Crippen LogP contribution in [-0.4, -0.2) is 73.5 Å². The molecule has 4 aliphatic rings. The lowest BCUT2D eigenvalue weighted by atomic mass is 9.65. The number of esters is 1. The molecule has 0 bridgehead atoms. The summed E-state index contributed by atoms with van der Waals surface area (Å²) in [5.41, 5.74) is 8.23. The Kier molecular flexibility index (Phi) is 11.3. The summed E-state index contributed by atoms with van der Waals surface area (Å²) in [6, 6.07) is 27.4. The van der Waals surface area contributed by atoms with Crippen LogP contribution in [0.4, 0.5) is 10.5 Å². The maximum atomic E-state index is 15.9. The van der Waals surface area contributed by atoms with Crippen LogP contribution in [0.3, 0.4) is 0 Å². The highest BCUT2D eigenvalue weighted by atomic mass is 16.6. The first-order valence-electron chi connectivity index (χ1n) is 19.9. The number of carbonyl (C=O) groups is 4. The summed E-state index contributed by atoms with van der Waals surface area (Å²) in [4.78, 5) is 62.2. The first kappa shape index (κ1) is 39.6. The number of cyclic esters (lactones) is 1. The number of methoxy groups -OCH3 is 1. The van der Waals surface area contributed by atoms with Gasteiger partial charge < -0.3 is 29.8 Å². The van der Waals surface area contributed by atoms with Gasteiger partial charge in [-0.15, -0.1) is 0 Å². The summed E-state index contributed by atoms with van der Waals surface area (Å²) in [6.07, 6.45) is 4.14. The first-order chi connectivity index (χ1) is 28.8. The minimum absolute atomic E-state index is 0.0690. The molecule has 4 aromatic rings. The second-order valence-corrected chi connectivity index (χ2v) is 15.0. The third-order valence-corrected chi connectivity index (χ3v) is 11.7. The first-order valence-corrected chi connectivity index (χ1v) is 19.9. The standard InChI is InChI=1S/C47H45N3O9/c1-56-27-28-58-46(55)49-36-24-23-31(22-21-30-13-5-2-6-14-30)29-35(36)47(45(49)54)38(43(48)52)40-44(53)59-41(33-17-9-4-10-18-33)39(32-15-7-3-8-16-32)50(40)42(47)34-19-11-12-20-37(34)57-26-25-51/h3-4,7-13,15-20,23-24,29,38-42,51H,2,5-6,14,25-28H2,1H3,(H2,48,52). The average Bonchev–Trinajstić information content (AvgIpc) is 3.72. The highest BCUT2D eigenvalue weighted by molar-refractivity contribution is 6.23. The molecule has 0 radical (unpaired) electrons. The van der Waals surface area contributed by atoms with Crippen molar-refractivity contribution >= 4 is 29.6 Å². The lowest BCUT2D eigenvalue weighted by Crippen LogP contribution is -2.55. The number of hydrogen-bond acceptors (Lipinski definition) is 10. The zero-order chi connectivity index (χ0) is 41.1. The third-order valence-electron chi connectivity index (χ3n) is 11.7. The Hall–Kier alpha value is -6.26. The number of nitrogens with zero attached hydrogens (tertiary/aromatic N) is 2. The van der Waals surface area contributed by atoms with Crippen molar-refractivity contribution in [1.82, 2.24) is 4.90 Å². The van der Waals surface area contributed by atoms with Gasteiger partial charge >= 0.3 is 12.1 Å². The fraction of sp³-hybridized carbons (Fsp3) is 0.319. The number of amides is 3. The molecular weight excluding hydrogens is 751 g/mol. The number of anilines is 1. The van der Waals surface area contributed by atoms with Crippen molar-refractivity contribution in [3.05, 3.63) is 143 Å². The van der Waals surface area contributed by atoms with Crippen LogP contribution in [0.15, 0.2) is 115 Å². The lowest BCUT2D eigenvalue weighted by molar-refractivity contribution is -0.178. The van der Waals surface area contributed by atoms with Crippen molar-refractivity contribution in [3.8, 4) is 17.6 Å². The van der Waals surface area contributed by atoms with Crippen LogP contribution in [-0.2, 0) is 34.0 Å². The summed E-state index contributed by atoms with van der Waals surface area (Å²) in [5, 5.41) is 9.91. The number of aliphatic hydroxyl groups excluding tert-OH is 1. The van der Waals surface area contributed by atoms with Gasteiger partial charge in [0, 0.05) is 18.2 Å². The summed E-state index contributed by atoms with van der Waals surface area (Å²) >= 11 is 0. The molecule has 12 heteroatoms. The fourth-order valence-corrected chi connectivity index (χ4v) is 9.34. The smallest absolute Gasteiger partial charge is 0.421 e. The summed E-state index contributed by atoms with van der Waals surface area (Å²) in [7, 11) is 1.46. The molecule has 302 valence electrons. The lowest BCUT2D eigenvalue weighted by Gasteiger charge is -2.46. The van der Waals surface area contributed by atoms with Crippen LogP contribution >= 0.6 is 0 Å². The minimum Gasteiger partial charge on any atom is -0.491 e. The number of primary amides is 1. The Labute approximate surface area is 342 Å². The number of benzene rings is 4. The average molecular weight is 796 g/mol. The molecule has 12 nitrogen and oxygen atoms in total. The second kappa shape index (κ2) is 16.9. The van der Waals surface area contributed by atoms with Gasteiger partial charge in [0.2, 0.25) is 11.8 Å². The van der Waals surface area contributed by atoms with Gasteiger partial charge in [-0.05, 0) is 72.2 Å². The molecule has 4 aromatic carbocycles. The van der Waals surface area contributed by atoms with E-state index in [0.29, 0.717) is 22.4 Å². The molecule has 1 spiro atoms. The number of hydrogen-bond donors (Lipinski definition) is 2. The van der Waals surface area contributed by atoms with E-state index in [1.807, 2.05) is 65.6 Å². The van der Waals surface area contributed by atoms with Crippen LogP contribution in [0.5, 0.6) is 5.75 Å². The van der Waals surface area contributed by atoms with E-state index in [1.54, 1.807) is 42.5 Å². The van der Waals surface area contributed by atoms with E-state index in [9.17, 15) is 19.5 Å². The molecule has 3 aliphatic heterocycles. The Morgan fingerprint density at radius 2 is 1.61 bits per heavy atom. The molecule has 3 N–H and O–H groups in total. The number of para-hydroxylation sites is 1. The molecule has 6 unspecified atom stereocenters. The number of morpholine rings is 1. The Balaban J connectivity index is 1.45. The van der Waals surface area contributed by atoms with E-state index in [1.165, 1.54) is 7.11 Å². The molecule has 2 saturated heterocycles. The maximum absolute atomic E-state index is 15.9. The number of allylic oxidation sites excluding steroid dienone is 2. The monoisotopic (exact) mass is 795 g/mol. The second-order valence-electron chi connectivity index (χ2n) is 15.0. The molecular formula is C47H45N3O9. The molecule has 2 fully saturated rings. The SMILES string of the molecule is COCCOC(=O)N1C(=O)C2(c3cc(C#CC4=CCCCC4)ccc31)C(C(N)=O)C1C(=O)OC(c3ccccc3)C(c3ccccc3)N1C2c1ccccc1OCCO. The van der Waals surface area contributed by atoms with Gasteiger partial charge in [0.1, 0.15) is 36.5 Å². The Morgan fingerprint density at radius 1 is 0.881 bits per heavy atom. The van der Waals surface area contributed by atoms with Crippen molar-refractivity contribution in [2.24, 2.45) is 11.7 Å². The molecule has 0 aromatic heterocycles. The maximum Gasteiger partial charge on any atom is 0.421 e. The predicted octanol–water partition coefficient (Wildman–Crippen LogP) is 5.84. The number of imide groups is 1. The molecule has 3 heterocycles. The molecule has 8 rings (SSSR count). The van der Waals surface area contributed by atoms with Gasteiger partial charge in [-0.25, -0.2) is 9.69 Å².